The van der Waals surface area contributed by atoms with E-state index >= 15 is 0 Å². The molecule has 0 aromatic heterocycles. The van der Waals surface area contributed by atoms with Crippen LogP contribution in [0.5, 0.6) is 5.75 Å². The van der Waals surface area contributed by atoms with E-state index in [-0.39, 0.29) is 11.3 Å². The van der Waals surface area contributed by atoms with Crippen LogP contribution in [-0.2, 0) is 4.74 Å². The van der Waals surface area contributed by atoms with E-state index in [0.29, 0.717) is 4.47 Å². The van der Waals surface area contributed by atoms with Crippen LogP contribution < -0.4 is 4.74 Å². The lowest BCUT2D eigenvalue weighted by atomic mass is 10.2. The molecule has 1 aromatic rings. The number of aromatic carboxylic acids is 1. The summed E-state index contributed by atoms with van der Waals surface area (Å²) in [4.78, 5) is 10.7. The second-order valence-corrected chi connectivity index (χ2v) is 4.03. The van der Waals surface area contributed by atoms with E-state index in [1.54, 1.807) is 0 Å². The van der Waals surface area contributed by atoms with Gasteiger partial charge in [-0.1, -0.05) is 0 Å². The molecule has 0 amide bonds. The van der Waals surface area contributed by atoms with Gasteiger partial charge < -0.3 is 14.6 Å². The summed E-state index contributed by atoms with van der Waals surface area (Å²) in [5, 5.41) is 8.73. The van der Waals surface area contributed by atoms with Crippen molar-refractivity contribution in [3.05, 3.63) is 28.2 Å². The zero-order valence-electron chi connectivity index (χ0n) is 8.83. The lowest BCUT2D eigenvalue weighted by Crippen LogP contribution is -2.19. The average molecular weight is 329 g/mol. The molecule has 100 valence electrons. The molecule has 8 heteroatoms. The van der Waals surface area contributed by atoms with Crippen LogP contribution in [0.1, 0.15) is 10.4 Å². The molecule has 1 aromatic carbocycles. The van der Waals surface area contributed by atoms with Crippen molar-refractivity contribution in [2.24, 2.45) is 0 Å². The molecular formula is C10H8BrF3O4. The third kappa shape index (κ3) is 4.92. The monoisotopic (exact) mass is 328 g/mol. The maximum atomic E-state index is 11.8. The lowest BCUT2D eigenvalue weighted by Gasteiger charge is -2.10. The second kappa shape index (κ2) is 6.05. The van der Waals surface area contributed by atoms with E-state index in [4.69, 9.17) is 9.84 Å². The van der Waals surface area contributed by atoms with E-state index in [9.17, 15) is 18.0 Å². The Morgan fingerprint density at radius 2 is 2.06 bits per heavy atom. The number of carboxylic acid groups (broad SMARTS) is 1. The Hall–Kier alpha value is -1.28. The predicted molar refractivity (Wildman–Crippen MR) is 58.6 cm³/mol. The number of carbonyl (C=O) groups is 1. The van der Waals surface area contributed by atoms with Crippen molar-refractivity contribution < 1.29 is 32.5 Å². The molecule has 0 bridgehead atoms. The fourth-order valence-electron chi connectivity index (χ4n) is 1.01. The molecule has 4 nitrogen and oxygen atoms in total. The summed E-state index contributed by atoms with van der Waals surface area (Å²) < 4.78 is 44.8. The van der Waals surface area contributed by atoms with Crippen molar-refractivity contribution in [1.29, 1.82) is 0 Å². The van der Waals surface area contributed by atoms with Gasteiger partial charge in [-0.05, 0) is 34.1 Å². The fourth-order valence-corrected chi connectivity index (χ4v) is 1.37. The molecule has 0 atom stereocenters. The quantitative estimate of drug-likeness (QED) is 0.666. The van der Waals surface area contributed by atoms with Crippen LogP contribution in [0.2, 0.25) is 0 Å². The molecule has 0 radical (unpaired) electrons. The summed E-state index contributed by atoms with van der Waals surface area (Å²) in [7, 11) is 0. The highest BCUT2D eigenvalue weighted by atomic mass is 79.9. The first-order valence-corrected chi connectivity index (χ1v) is 5.39. The van der Waals surface area contributed by atoms with Gasteiger partial charge in [-0.25, -0.2) is 4.79 Å². The minimum Gasteiger partial charge on any atom is -0.478 e. The lowest BCUT2D eigenvalue weighted by molar-refractivity contribution is -0.186. The van der Waals surface area contributed by atoms with Crippen molar-refractivity contribution in [3.63, 3.8) is 0 Å². The normalized spacial score (nSPS) is 11.3. The molecule has 0 heterocycles. The van der Waals surface area contributed by atoms with Crippen LogP contribution in [0.25, 0.3) is 0 Å². The molecule has 0 saturated heterocycles. The number of hydrogen-bond acceptors (Lipinski definition) is 3. The van der Waals surface area contributed by atoms with Crippen molar-refractivity contribution in [1.82, 2.24) is 0 Å². The molecule has 1 rings (SSSR count). The molecular weight excluding hydrogens is 321 g/mol. The fraction of sp³-hybridized carbons (Fsp3) is 0.300. The van der Waals surface area contributed by atoms with Crippen molar-refractivity contribution in [3.8, 4) is 5.75 Å². The van der Waals surface area contributed by atoms with Gasteiger partial charge in [0.25, 0.3) is 0 Å². The van der Waals surface area contributed by atoms with E-state index < -0.39 is 25.5 Å². The topological polar surface area (TPSA) is 55.8 Å². The Bertz CT molecular complexity index is 434. The first kappa shape index (κ1) is 14.8. The Labute approximate surface area is 108 Å². The largest absolute Gasteiger partial charge is 0.478 e. The van der Waals surface area contributed by atoms with E-state index in [1.807, 2.05) is 0 Å². The summed E-state index contributed by atoms with van der Waals surface area (Å²) in [5.41, 5.74) is -0.0379. The standard InChI is InChI=1S/C10H8BrF3O4/c11-7-2-1-6(9(15)16)3-8(7)18-5-17-4-10(12,13)14/h1-3H,4-5H2,(H,15,16). The third-order valence-corrected chi connectivity index (χ3v) is 2.40. The Kier molecular flexibility index (Phi) is 4.97. The smallest absolute Gasteiger partial charge is 0.411 e. The van der Waals surface area contributed by atoms with Crippen LogP contribution >= 0.6 is 15.9 Å². The first-order chi connectivity index (χ1) is 8.29. The molecule has 0 aliphatic heterocycles. The number of carboxylic acids is 1. The van der Waals surface area contributed by atoms with Crippen molar-refractivity contribution in [2.45, 2.75) is 6.18 Å². The number of rotatable bonds is 5. The van der Waals surface area contributed by atoms with Gasteiger partial charge in [0.15, 0.2) is 6.79 Å². The van der Waals surface area contributed by atoms with Gasteiger partial charge in [-0.3, -0.25) is 0 Å². The molecule has 0 aliphatic carbocycles. The molecule has 0 unspecified atom stereocenters. The summed E-state index contributed by atoms with van der Waals surface area (Å²) in [6.07, 6.45) is -4.43. The SMILES string of the molecule is O=C(O)c1ccc(Br)c(OCOCC(F)(F)F)c1. The summed E-state index contributed by atoms with van der Waals surface area (Å²) in [6, 6.07) is 3.93. The number of alkyl halides is 3. The summed E-state index contributed by atoms with van der Waals surface area (Å²) in [5.74, 6) is -1.07. The van der Waals surface area contributed by atoms with Crippen molar-refractivity contribution >= 4 is 21.9 Å². The van der Waals surface area contributed by atoms with E-state index in [1.165, 1.54) is 18.2 Å². The van der Waals surface area contributed by atoms with Gasteiger partial charge in [-0.15, -0.1) is 0 Å². The highest BCUT2D eigenvalue weighted by Gasteiger charge is 2.27. The molecule has 0 fully saturated rings. The van der Waals surface area contributed by atoms with Crippen LogP contribution in [-0.4, -0.2) is 30.7 Å². The second-order valence-electron chi connectivity index (χ2n) is 3.18. The molecule has 0 spiro atoms. The van der Waals surface area contributed by atoms with Crippen molar-refractivity contribution in [2.75, 3.05) is 13.4 Å². The predicted octanol–water partition coefficient (Wildman–Crippen LogP) is 3.06. The Morgan fingerprint density at radius 1 is 1.39 bits per heavy atom. The number of hydrogen-bond donors (Lipinski definition) is 1. The van der Waals surface area contributed by atoms with Gasteiger partial charge in [0.2, 0.25) is 0 Å². The maximum Gasteiger partial charge on any atom is 0.411 e. The van der Waals surface area contributed by atoms with E-state index in [2.05, 4.69) is 20.7 Å². The molecule has 18 heavy (non-hydrogen) atoms. The molecule has 1 N–H and O–H groups in total. The molecule has 0 saturated carbocycles. The molecule has 0 aliphatic rings. The number of halogens is 4. The minimum atomic E-state index is -4.43. The maximum absolute atomic E-state index is 11.8. The van der Waals surface area contributed by atoms with Crippen LogP contribution in [0, 0.1) is 0 Å². The summed E-state index contributed by atoms with van der Waals surface area (Å²) in [6.45, 7) is -2.05. The minimum absolute atomic E-state index is 0.0379. The van der Waals surface area contributed by atoms with Crippen LogP contribution in [0.15, 0.2) is 22.7 Å². The van der Waals surface area contributed by atoms with E-state index in [0.717, 1.165) is 0 Å². The average Bonchev–Trinajstić information content (AvgIpc) is 2.24. The summed E-state index contributed by atoms with van der Waals surface area (Å²) >= 11 is 3.08. The Balaban J connectivity index is 2.56. The van der Waals surface area contributed by atoms with Gasteiger partial charge in [0, 0.05) is 0 Å². The van der Waals surface area contributed by atoms with Gasteiger partial charge in [-0.2, -0.15) is 13.2 Å². The number of benzene rings is 1. The van der Waals surface area contributed by atoms with Gasteiger partial charge in [0.1, 0.15) is 12.4 Å². The van der Waals surface area contributed by atoms with Crippen LogP contribution in [0.3, 0.4) is 0 Å². The highest BCUT2D eigenvalue weighted by molar-refractivity contribution is 9.10. The zero-order valence-corrected chi connectivity index (χ0v) is 10.4. The third-order valence-electron chi connectivity index (χ3n) is 1.74. The zero-order chi connectivity index (χ0) is 13.8. The Morgan fingerprint density at radius 3 is 2.61 bits per heavy atom. The van der Waals surface area contributed by atoms with Gasteiger partial charge >= 0.3 is 12.1 Å². The highest BCUT2D eigenvalue weighted by Crippen LogP contribution is 2.26. The number of ether oxygens (including phenoxy) is 2. The van der Waals surface area contributed by atoms with Crippen LogP contribution in [0.4, 0.5) is 13.2 Å². The van der Waals surface area contributed by atoms with Gasteiger partial charge in [0.05, 0.1) is 10.0 Å². The first-order valence-electron chi connectivity index (χ1n) is 4.60.